The van der Waals surface area contributed by atoms with Gasteiger partial charge in [0.25, 0.3) is 11.8 Å². The molecule has 1 saturated heterocycles. The lowest BCUT2D eigenvalue weighted by molar-refractivity contribution is -0.136. The molecule has 2 atom stereocenters. The van der Waals surface area contributed by atoms with E-state index in [1.54, 1.807) is 6.07 Å². The average Bonchev–Trinajstić information content (AvgIpc) is 3.05. The summed E-state index contributed by atoms with van der Waals surface area (Å²) in [6, 6.07) is 3.47. The maximum atomic E-state index is 13.0. The molecule has 0 aliphatic carbocycles. The fourth-order valence-corrected chi connectivity index (χ4v) is 4.69. The molecule has 0 aromatic heterocycles. The highest BCUT2D eigenvalue weighted by Crippen LogP contribution is 2.32. The molecule has 2 aliphatic heterocycles. The Balaban J connectivity index is 1.53. The molecule has 11 nitrogen and oxygen atoms in total. The topological polar surface area (TPSA) is 160 Å². The van der Waals surface area contributed by atoms with Crippen molar-refractivity contribution in [2.75, 3.05) is 51.9 Å². The van der Waals surface area contributed by atoms with Gasteiger partial charge in [-0.15, -0.1) is 0 Å². The zero-order valence-corrected chi connectivity index (χ0v) is 18.9. The lowest BCUT2D eigenvalue weighted by Gasteiger charge is -2.27. The van der Waals surface area contributed by atoms with E-state index in [4.69, 9.17) is 19.9 Å². The summed E-state index contributed by atoms with van der Waals surface area (Å²) in [7, 11) is 0. The van der Waals surface area contributed by atoms with Crippen LogP contribution in [0.15, 0.2) is 23.1 Å². The minimum absolute atomic E-state index is 0.0321. The van der Waals surface area contributed by atoms with Crippen molar-refractivity contribution in [3.8, 4) is 0 Å². The molecule has 12 heteroatoms. The van der Waals surface area contributed by atoms with E-state index in [2.05, 4.69) is 5.32 Å². The summed E-state index contributed by atoms with van der Waals surface area (Å²) in [5.74, 6) is -2.33. The molecule has 180 valence electrons. The number of amides is 4. The van der Waals surface area contributed by atoms with Gasteiger partial charge in [0.05, 0.1) is 45.2 Å². The summed E-state index contributed by atoms with van der Waals surface area (Å²) in [5, 5.41) is 2.15. The van der Waals surface area contributed by atoms with Crippen molar-refractivity contribution in [2.24, 2.45) is 5.73 Å². The van der Waals surface area contributed by atoms with Crippen molar-refractivity contribution in [3.63, 3.8) is 0 Å². The Hall–Kier alpha value is -2.35. The summed E-state index contributed by atoms with van der Waals surface area (Å²) in [6.07, 6.45) is 0.0913. The molecule has 0 spiro atoms. The Labute approximate surface area is 194 Å². The molecule has 1 fully saturated rings. The molecular formula is C21H27N3O8S. The van der Waals surface area contributed by atoms with Gasteiger partial charge in [-0.2, -0.15) is 0 Å². The van der Waals surface area contributed by atoms with Crippen LogP contribution in [0.1, 0.15) is 33.6 Å². The number of nitrogens with zero attached hydrogens (tertiary/aromatic N) is 1. The summed E-state index contributed by atoms with van der Waals surface area (Å²) in [4.78, 5) is 50.6. The first-order chi connectivity index (χ1) is 16.0. The molecule has 1 aromatic rings. The van der Waals surface area contributed by atoms with Crippen LogP contribution in [-0.4, -0.2) is 91.1 Å². The second kappa shape index (κ2) is 12.2. The number of ether oxygens (including phenoxy) is 3. The van der Waals surface area contributed by atoms with Gasteiger partial charge < -0.3 is 24.5 Å². The highest BCUT2D eigenvalue weighted by Gasteiger charge is 2.47. The average molecular weight is 482 g/mol. The third-order valence-electron chi connectivity index (χ3n) is 5.09. The molecule has 3 N–H and O–H groups in total. The molecule has 2 heterocycles. The fourth-order valence-electron chi connectivity index (χ4n) is 3.54. The molecule has 33 heavy (non-hydrogen) atoms. The number of fused-ring (bicyclic) bond motifs is 1. The number of nitrogens with two attached hydrogens (primary N) is 1. The lowest BCUT2D eigenvalue weighted by atomic mass is 10.0. The van der Waals surface area contributed by atoms with E-state index in [1.165, 1.54) is 12.1 Å². The van der Waals surface area contributed by atoms with Crippen LogP contribution >= 0.6 is 0 Å². The minimum Gasteiger partial charge on any atom is -0.611 e. The Kier molecular flexibility index (Phi) is 9.35. The quantitative estimate of drug-likeness (QED) is 0.209. The molecule has 3 rings (SSSR count). The first kappa shape index (κ1) is 25.3. The summed E-state index contributed by atoms with van der Waals surface area (Å²) in [6.45, 7) is 2.64. The van der Waals surface area contributed by atoms with E-state index in [0.717, 1.165) is 4.90 Å². The number of hydrogen-bond acceptors (Lipinski definition) is 9. The zero-order chi connectivity index (χ0) is 23.8. The number of carbonyl (C=O) groups is 4. The van der Waals surface area contributed by atoms with Crippen molar-refractivity contribution >= 4 is 34.8 Å². The number of rotatable bonds is 13. The van der Waals surface area contributed by atoms with E-state index in [0.29, 0.717) is 39.6 Å². The van der Waals surface area contributed by atoms with E-state index in [9.17, 15) is 23.7 Å². The van der Waals surface area contributed by atoms with E-state index < -0.39 is 40.8 Å². The van der Waals surface area contributed by atoms with Gasteiger partial charge in [0.1, 0.15) is 17.4 Å². The van der Waals surface area contributed by atoms with Crippen LogP contribution in [0.5, 0.6) is 0 Å². The van der Waals surface area contributed by atoms with Crippen LogP contribution in [0.4, 0.5) is 0 Å². The van der Waals surface area contributed by atoms with Crippen molar-refractivity contribution in [2.45, 2.75) is 23.8 Å². The van der Waals surface area contributed by atoms with Crippen molar-refractivity contribution in [1.29, 1.82) is 0 Å². The summed E-state index contributed by atoms with van der Waals surface area (Å²) in [5.41, 5.74) is 5.44. The second-order valence-corrected chi connectivity index (χ2v) is 8.84. The van der Waals surface area contributed by atoms with Gasteiger partial charge >= 0.3 is 0 Å². The van der Waals surface area contributed by atoms with Crippen LogP contribution in [0.3, 0.4) is 0 Å². The van der Waals surface area contributed by atoms with Gasteiger partial charge in [-0.3, -0.25) is 29.4 Å². The number of nitrogens with one attached hydrogen (secondary N) is 1. The second-order valence-electron chi connectivity index (χ2n) is 7.30. The SMILES string of the molecule is NCCOCCOCCOCC[S+]([O-])c1cccc2c1C(=O)N(C1CCC(=O)NC1=O)C2=O. The molecule has 2 unspecified atom stereocenters. The predicted molar refractivity (Wildman–Crippen MR) is 116 cm³/mol. The zero-order valence-electron chi connectivity index (χ0n) is 18.1. The Morgan fingerprint density at radius 2 is 1.67 bits per heavy atom. The van der Waals surface area contributed by atoms with E-state index in [1.807, 2.05) is 0 Å². The monoisotopic (exact) mass is 481 g/mol. The smallest absolute Gasteiger partial charge is 0.267 e. The highest BCUT2D eigenvalue weighted by atomic mass is 32.2. The molecule has 2 aliphatic rings. The van der Waals surface area contributed by atoms with Crippen LogP contribution in [-0.2, 0) is 35.0 Å². The molecular weight excluding hydrogens is 454 g/mol. The number of imide groups is 2. The highest BCUT2D eigenvalue weighted by molar-refractivity contribution is 7.91. The molecule has 0 radical (unpaired) electrons. The normalized spacial score (nSPS) is 19.1. The largest absolute Gasteiger partial charge is 0.611 e. The third-order valence-corrected chi connectivity index (χ3v) is 6.46. The molecule has 0 bridgehead atoms. The first-order valence-electron chi connectivity index (χ1n) is 10.6. The van der Waals surface area contributed by atoms with Gasteiger partial charge in [-0.05, 0) is 29.7 Å². The molecule has 4 amide bonds. The van der Waals surface area contributed by atoms with Crippen LogP contribution in [0, 0.1) is 0 Å². The lowest BCUT2D eigenvalue weighted by Crippen LogP contribution is -2.54. The summed E-state index contributed by atoms with van der Waals surface area (Å²) >= 11 is -1.60. The van der Waals surface area contributed by atoms with Crippen molar-refractivity contribution in [1.82, 2.24) is 10.2 Å². The summed E-state index contributed by atoms with van der Waals surface area (Å²) < 4.78 is 28.8. The van der Waals surface area contributed by atoms with Crippen LogP contribution in [0.25, 0.3) is 0 Å². The Morgan fingerprint density at radius 1 is 1.00 bits per heavy atom. The van der Waals surface area contributed by atoms with Crippen molar-refractivity contribution in [3.05, 3.63) is 29.3 Å². The first-order valence-corrected chi connectivity index (χ1v) is 11.9. The van der Waals surface area contributed by atoms with E-state index in [-0.39, 0.29) is 41.2 Å². The van der Waals surface area contributed by atoms with Crippen LogP contribution in [0.2, 0.25) is 0 Å². The van der Waals surface area contributed by atoms with Gasteiger partial charge in [-0.1, -0.05) is 6.07 Å². The van der Waals surface area contributed by atoms with Gasteiger partial charge in [0.15, 0.2) is 4.90 Å². The number of benzene rings is 1. The number of carbonyl (C=O) groups excluding carboxylic acids is 4. The third kappa shape index (κ3) is 6.16. The van der Waals surface area contributed by atoms with Gasteiger partial charge in [0.2, 0.25) is 11.8 Å². The molecule has 1 aromatic carbocycles. The Bertz CT molecular complexity index is 896. The minimum atomic E-state index is -1.60. The number of piperidine rings is 1. The van der Waals surface area contributed by atoms with Crippen LogP contribution < -0.4 is 11.1 Å². The van der Waals surface area contributed by atoms with Gasteiger partial charge in [0, 0.05) is 13.0 Å². The van der Waals surface area contributed by atoms with E-state index >= 15 is 0 Å². The van der Waals surface area contributed by atoms with Gasteiger partial charge in [-0.25, -0.2) is 0 Å². The fraction of sp³-hybridized carbons (Fsp3) is 0.524. The maximum absolute atomic E-state index is 13.0. The van der Waals surface area contributed by atoms with Crippen molar-refractivity contribution < 1.29 is 37.9 Å². The molecule has 0 saturated carbocycles. The maximum Gasteiger partial charge on any atom is 0.267 e. The number of hydrogen-bond donors (Lipinski definition) is 2. The Morgan fingerprint density at radius 3 is 2.33 bits per heavy atom. The predicted octanol–water partition coefficient (Wildman–Crippen LogP) is -0.796. The standard InChI is InChI=1S/C21H27N3O8S/c22-6-7-30-8-9-31-10-11-32-12-13-33(29)16-3-1-2-14-18(16)21(28)24(20(14)27)15-4-5-17(25)23-19(15)26/h1-3,15H,4-13,22H2,(H,23,25,26).